The molecule has 0 unspecified atom stereocenters. The molecule has 1 aromatic rings. The van der Waals surface area contributed by atoms with E-state index in [1.54, 1.807) is 0 Å². The van der Waals surface area contributed by atoms with Gasteiger partial charge in [-0.25, -0.2) is 14.0 Å². The van der Waals surface area contributed by atoms with Gasteiger partial charge in [0.1, 0.15) is 12.2 Å². The highest BCUT2D eigenvalue weighted by Gasteiger charge is 2.42. The fourth-order valence-electron chi connectivity index (χ4n) is 2.42. The average Bonchev–Trinajstić information content (AvgIpc) is 2.82. The van der Waals surface area contributed by atoms with Crippen LogP contribution >= 0.6 is 0 Å². The Morgan fingerprint density at radius 1 is 1.44 bits per heavy atom. The number of aliphatic hydroxyl groups excluding tert-OH is 2. The SMILES string of the molecule is CCCCCOC(=O)Nc1nc(=O)n([C@@H]2O[C@@H](C)[C@@H](O)[C@@H]2O)cc1F. The minimum Gasteiger partial charge on any atom is -0.449 e. The summed E-state index contributed by atoms with van der Waals surface area (Å²) in [5, 5.41) is 21.6. The molecule has 0 aliphatic carbocycles. The summed E-state index contributed by atoms with van der Waals surface area (Å²) in [6.45, 7) is 3.68. The maximum atomic E-state index is 14.1. The van der Waals surface area contributed by atoms with E-state index in [-0.39, 0.29) is 6.61 Å². The summed E-state index contributed by atoms with van der Waals surface area (Å²) in [6, 6.07) is 0. The second kappa shape index (κ2) is 8.37. The van der Waals surface area contributed by atoms with E-state index in [2.05, 4.69) is 10.3 Å². The van der Waals surface area contributed by atoms with Gasteiger partial charge in [-0.3, -0.25) is 9.88 Å². The Kier molecular flexibility index (Phi) is 6.45. The Labute approximate surface area is 143 Å². The zero-order valence-corrected chi connectivity index (χ0v) is 14.0. The monoisotopic (exact) mass is 359 g/mol. The molecule has 2 heterocycles. The van der Waals surface area contributed by atoms with Gasteiger partial charge in [-0.15, -0.1) is 0 Å². The molecule has 1 aliphatic rings. The molecule has 140 valence electrons. The number of nitrogens with one attached hydrogen (secondary N) is 1. The summed E-state index contributed by atoms with van der Waals surface area (Å²) in [5.74, 6) is -1.59. The van der Waals surface area contributed by atoms with Crippen LogP contribution in [0.25, 0.3) is 0 Å². The third kappa shape index (κ3) is 4.53. The molecule has 3 N–H and O–H groups in total. The van der Waals surface area contributed by atoms with Crippen molar-refractivity contribution >= 4 is 11.9 Å². The summed E-state index contributed by atoms with van der Waals surface area (Å²) in [7, 11) is 0. The van der Waals surface area contributed by atoms with Gasteiger partial charge in [-0.1, -0.05) is 19.8 Å². The summed E-state index contributed by atoms with van der Waals surface area (Å²) in [5.41, 5.74) is -0.951. The maximum absolute atomic E-state index is 14.1. The van der Waals surface area contributed by atoms with Crippen LogP contribution in [-0.4, -0.2) is 50.8 Å². The van der Waals surface area contributed by atoms with E-state index in [0.29, 0.717) is 6.42 Å². The largest absolute Gasteiger partial charge is 0.449 e. The van der Waals surface area contributed by atoms with E-state index >= 15 is 0 Å². The van der Waals surface area contributed by atoms with Crippen LogP contribution in [0.2, 0.25) is 0 Å². The molecule has 9 nitrogen and oxygen atoms in total. The first-order valence-electron chi connectivity index (χ1n) is 8.09. The topological polar surface area (TPSA) is 123 Å². The van der Waals surface area contributed by atoms with Gasteiger partial charge in [0.05, 0.1) is 18.9 Å². The molecule has 0 saturated carbocycles. The molecule has 0 radical (unpaired) electrons. The first-order chi connectivity index (χ1) is 11.8. The lowest BCUT2D eigenvalue weighted by Gasteiger charge is -2.17. The number of carbonyl (C=O) groups is 1. The molecular formula is C15H22FN3O6. The van der Waals surface area contributed by atoms with Gasteiger partial charge in [0, 0.05) is 0 Å². The van der Waals surface area contributed by atoms with Crippen LogP contribution < -0.4 is 11.0 Å². The number of unbranched alkanes of at least 4 members (excludes halogenated alkanes) is 2. The van der Waals surface area contributed by atoms with Crippen LogP contribution in [0.1, 0.15) is 39.3 Å². The standard InChI is InChI=1S/C15H22FN3O6/c1-3-4-5-6-24-15(23)18-12-9(16)7-19(14(22)17-12)13-11(21)10(20)8(2)25-13/h7-8,10-11,13,20-21H,3-6H2,1-2H3,(H,17,18,22,23)/t8-,10+,11-,13+/m0/s1. The van der Waals surface area contributed by atoms with Crippen LogP contribution in [0.15, 0.2) is 11.0 Å². The van der Waals surface area contributed by atoms with Crippen molar-refractivity contribution in [2.75, 3.05) is 11.9 Å². The molecule has 1 saturated heterocycles. The maximum Gasteiger partial charge on any atom is 0.412 e. The number of anilines is 1. The molecule has 0 bridgehead atoms. The number of ether oxygens (including phenoxy) is 2. The zero-order chi connectivity index (χ0) is 18.6. The number of aliphatic hydroxyl groups is 2. The molecule has 10 heteroatoms. The first-order valence-corrected chi connectivity index (χ1v) is 8.09. The van der Waals surface area contributed by atoms with Gasteiger partial charge in [0.25, 0.3) is 0 Å². The smallest absolute Gasteiger partial charge is 0.412 e. The van der Waals surface area contributed by atoms with E-state index in [9.17, 15) is 24.2 Å². The number of amides is 1. The first kappa shape index (κ1) is 19.3. The normalized spacial score (nSPS) is 25.8. The molecule has 4 atom stereocenters. The third-order valence-corrected chi connectivity index (χ3v) is 3.86. The van der Waals surface area contributed by atoms with Crippen LogP contribution in [-0.2, 0) is 9.47 Å². The van der Waals surface area contributed by atoms with Crippen molar-refractivity contribution in [1.29, 1.82) is 0 Å². The Bertz CT molecular complexity index is 667. The lowest BCUT2D eigenvalue weighted by Crippen LogP contribution is -2.36. The fraction of sp³-hybridized carbons (Fsp3) is 0.667. The molecule has 25 heavy (non-hydrogen) atoms. The predicted molar refractivity (Wildman–Crippen MR) is 84.5 cm³/mol. The van der Waals surface area contributed by atoms with Gasteiger partial charge < -0.3 is 19.7 Å². The predicted octanol–water partition coefficient (Wildman–Crippen LogP) is 0.760. The lowest BCUT2D eigenvalue weighted by atomic mass is 10.1. The minimum atomic E-state index is -1.41. The van der Waals surface area contributed by atoms with E-state index in [1.807, 2.05) is 6.92 Å². The molecule has 1 amide bonds. The second-order valence-corrected chi connectivity index (χ2v) is 5.81. The average molecular weight is 359 g/mol. The van der Waals surface area contributed by atoms with Crippen molar-refractivity contribution < 1.29 is 28.9 Å². The van der Waals surface area contributed by atoms with Crippen molar-refractivity contribution in [1.82, 2.24) is 9.55 Å². The van der Waals surface area contributed by atoms with E-state index in [4.69, 9.17) is 9.47 Å². The van der Waals surface area contributed by atoms with Gasteiger partial charge in [0.15, 0.2) is 17.9 Å². The molecular weight excluding hydrogens is 337 g/mol. The zero-order valence-electron chi connectivity index (χ0n) is 14.0. The molecule has 0 spiro atoms. The number of nitrogens with zero attached hydrogens (tertiary/aromatic N) is 2. The van der Waals surface area contributed by atoms with Crippen molar-refractivity contribution in [2.24, 2.45) is 0 Å². The molecule has 2 rings (SSSR count). The minimum absolute atomic E-state index is 0.177. The highest BCUT2D eigenvalue weighted by Crippen LogP contribution is 2.28. The summed E-state index contributed by atoms with van der Waals surface area (Å²) < 4.78 is 24.9. The van der Waals surface area contributed by atoms with Gasteiger partial charge >= 0.3 is 11.8 Å². The van der Waals surface area contributed by atoms with Crippen molar-refractivity contribution in [2.45, 2.75) is 57.6 Å². The second-order valence-electron chi connectivity index (χ2n) is 5.81. The Morgan fingerprint density at radius 3 is 2.76 bits per heavy atom. The lowest BCUT2D eigenvalue weighted by molar-refractivity contribution is -0.0355. The van der Waals surface area contributed by atoms with E-state index in [0.717, 1.165) is 23.6 Å². The van der Waals surface area contributed by atoms with Crippen LogP contribution in [0.4, 0.5) is 15.0 Å². The number of carbonyl (C=O) groups excluding carboxylic acids is 1. The number of halogens is 1. The van der Waals surface area contributed by atoms with Crippen LogP contribution in [0, 0.1) is 5.82 Å². The quantitative estimate of drug-likeness (QED) is 0.641. The Hall–Kier alpha value is -2.04. The summed E-state index contributed by atoms with van der Waals surface area (Å²) in [6.07, 6.45) is -2.25. The molecule has 1 aromatic heterocycles. The van der Waals surface area contributed by atoms with Crippen molar-refractivity contribution in [3.8, 4) is 0 Å². The summed E-state index contributed by atoms with van der Waals surface area (Å²) >= 11 is 0. The van der Waals surface area contributed by atoms with Crippen LogP contribution in [0.3, 0.4) is 0 Å². The fourth-order valence-corrected chi connectivity index (χ4v) is 2.42. The number of rotatable bonds is 6. The number of aromatic nitrogens is 2. The summed E-state index contributed by atoms with van der Waals surface area (Å²) in [4.78, 5) is 27.0. The highest BCUT2D eigenvalue weighted by molar-refractivity contribution is 5.83. The number of hydrogen-bond acceptors (Lipinski definition) is 7. The molecule has 0 aromatic carbocycles. The van der Waals surface area contributed by atoms with E-state index in [1.165, 1.54) is 6.92 Å². The molecule has 1 fully saturated rings. The highest BCUT2D eigenvalue weighted by atomic mass is 19.1. The van der Waals surface area contributed by atoms with E-state index < -0.39 is 48.0 Å². The number of hydrogen-bond donors (Lipinski definition) is 3. The van der Waals surface area contributed by atoms with Crippen molar-refractivity contribution in [3.63, 3.8) is 0 Å². The molecule has 1 aliphatic heterocycles. The van der Waals surface area contributed by atoms with Crippen molar-refractivity contribution in [3.05, 3.63) is 22.5 Å². The van der Waals surface area contributed by atoms with Crippen LogP contribution in [0.5, 0.6) is 0 Å². The van der Waals surface area contributed by atoms with Gasteiger partial charge in [-0.05, 0) is 13.3 Å². The van der Waals surface area contributed by atoms with Gasteiger partial charge in [-0.2, -0.15) is 4.98 Å². The Morgan fingerprint density at radius 2 is 2.16 bits per heavy atom. The third-order valence-electron chi connectivity index (χ3n) is 3.86. The van der Waals surface area contributed by atoms with Gasteiger partial charge in [0.2, 0.25) is 0 Å². The Balaban J connectivity index is 2.07.